The highest BCUT2D eigenvalue weighted by Gasteiger charge is 2.35. The maximum absolute atomic E-state index is 3.16. The van der Waals surface area contributed by atoms with Gasteiger partial charge in [0.25, 0.3) is 0 Å². The highest BCUT2D eigenvalue weighted by atomic mass is 15.0. The molecule has 1 heteroatoms. The number of nitrogens with zero attached hydrogens (tertiary/aromatic N) is 1. The molecule has 0 unspecified atom stereocenters. The Kier molecular flexibility index (Phi) is 8.23. The fourth-order valence-electron chi connectivity index (χ4n) is 6.23. The molecule has 1 heterocycles. The molecule has 0 fully saturated rings. The number of hydrogen-bond acceptors (Lipinski definition) is 0. The van der Waals surface area contributed by atoms with Gasteiger partial charge in [-0.25, -0.2) is 0 Å². The van der Waals surface area contributed by atoms with Crippen LogP contribution in [0.15, 0.2) is 72.8 Å². The molecule has 210 valence electrons. The first-order valence-corrected chi connectivity index (χ1v) is 14.8. The highest BCUT2D eigenvalue weighted by molar-refractivity contribution is 6.08. The van der Waals surface area contributed by atoms with E-state index in [1.165, 1.54) is 44.1 Å². The summed E-state index contributed by atoms with van der Waals surface area (Å²) in [6.07, 6.45) is 0. The molecule has 0 atom stereocenters. The van der Waals surface area contributed by atoms with E-state index in [1.54, 1.807) is 0 Å². The Morgan fingerprint density at radius 3 is 1.21 bits per heavy atom. The van der Waals surface area contributed by atoms with E-state index >= 15 is 0 Å². The Hall–Kier alpha value is -5.08. The minimum atomic E-state index is 0.00152. The quantitative estimate of drug-likeness (QED) is 0.181. The lowest BCUT2D eigenvalue weighted by Gasteiger charge is -2.21. The van der Waals surface area contributed by atoms with Gasteiger partial charge in [-0.3, -0.25) is 0 Å². The summed E-state index contributed by atoms with van der Waals surface area (Å²) < 4.78 is 2.38. The first-order chi connectivity index (χ1) is 20.7. The summed E-state index contributed by atoms with van der Waals surface area (Å²) in [5.74, 6) is 24.6. The lowest BCUT2D eigenvalue weighted by molar-refractivity contribution is 0.642. The van der Waals surface area contributed by atoms with Crippen LogP contribution in [0.4, 0.5) is 0 Å². The van der Waals surface area contributed by atoms with Crippen LogP contribution in [0.5, 0.6) is 0 Å². The third-order valence-corrected chi connectivity index (χ3v) is 8.07. The second-order valence-corrected chi connectivity index (χ2v) is 11.6. The average Bonchev–Trinajstić information content (AvgIpc) is 3.42. The Morgan fingerprint density at radius 1 is 0.512 bits per heavy atom. The largest absolute Gasteiger partial charge is 0.338 e. The molecule has 0 saturated heterocycles. The number of benzene rings is 4. The molecule has 1 nitrogen and oxygen atoms in total. The van der Waals surface area contributed by atoms with E-state index in [9.17, 15) is 0 Å². The second kappa shape index (κ2) is 12.0. The minimum absolute atomic E-state index is 0.00152. The van der Waals surface area contributed by atoms with Crippen LogP contribution in [0.1, 0.15) is 94.8 Å². The topological polar surface area (TPSA) is 4.93 Å². The zero-order valence-electron chi connectivity index (χ0n) is 26.5. The second-order valence-electron chi connectivity index (χ2n) is 11.6. The van der Waals surface area contributed by atoms with E-state index in [1.807, 2.05) is 27.7 Å². The van der Waals surface area contributed by atoms with Gasteiger partial charge in [0.2, 0.25) is 0 Å². The van der Waals surface area contributed by atoms with Gasteiger partial charge in [-0.15, -0.1) is 23.7 Å². The van der Waals surface area contributed by atoms with E-state index in [0.29, 0.717) is 6.04 Å². The summed E-state index contributed by atoms with van der Waals surface area (Å²) in [7, 11) is 0. The fraction of sp³-hybridized carbons (Fsp3) is 0.238. The Balaban J connectivity index is 0.000000171. The number of rotatable bonds is 1. The van der Waals surface area contributed by atoms with Crippen molar-refractivity contribution in [3.8, 4) is 58.5 Å². The monoisotopic (exact) mass is 555 g/mol. The van der Waals surface area contributed by atoms with E-state index in [2.05, 4.69) is 152 Å². The maximum Gasteiger partial charge on any atom is 0.0506 e. The summed E-state index contributed by atoms with van der Waals surface area (Å²) in [5, 5.41) is 2.56. The molecule has 0 saturated carbocycles. The molecule has 5 aromatic rings. The molecule has 1 aromatic heterocycles. The Morgan fingerprint density at radius 2 is 0.860 bits per heavy atom. The fourth-order valence-corrected chi connectivity index (χ4v) is 6.23. The van der Waals surface area contributed by atoms with Gasteiger partial charge in [-0.2, -0.15) is 0 Å². The van der Waals surface area contributed by atoms with Crippen LogP contribution in [-0.4, -0.2) is 4.57 Å². The predicted molar refractivity (Wildman–Crippen MR) is 184 cm³/mol. The van der Waals surface area contributed by atoms with E-state index in [4.69, 9.17) is 0 Å². The summed E-state index contributed by atoms with van der Waals surface area (Å²) in [6.45, 7) is 16.5. The van der Waals surface area contributed by atoms with E-state index < -0.39 is 0 Å². The summed E-state index contributed by atoms with van der Waals surface area (Å²) in [4.78, 5) is 0. The van der Waals surface area contributed by atoms with Crippen molar-refractivity contribution in [1.82, 2.24) is 4.57 Å². The molecule has 1 aliphatic carbocycles. The standard InChI is InChI=1S/C21H19N.C21H18/c1-5-7-16-9-11-18-19-12-10-17(8-6-2)14-21(19)22(15(3)4)20(18)13-16;1-5-7-15-9-11-17-18-12-10-16(8-6-2)14-20(18)21(3,4)19(17)13-15/h9-15H,1-4H3;9-14H,1-4H3. The van der Waals surface area contributed by atoms with Gasteiger partial charge >= 0.3 is 0 Å². The zero-order chi connectivity index (χ0) is 30.7. The SMILES string of the molecule is CC#Cc1ccc2c(c1)C(C)(C)c1cc(C#CC)ccc1-2.CC#Cc1ccc2c3ccc(C#CC)cc3n(C(C)C)c2c1. The molecule has 4 aromatic carbocycles. The van der Waals surface area contributed by atoms with Gasteiger partial charge in [0, 0.05) is 44.5 Å². The lowest BCUT2D eigenvalue weighted by Crippen LogP contribution is -2.15. The average molecular weight is 556 g/mol. The Labute approximate surface area is 257 Å². The molecule has 0 N–H and O–H groups in total. The molecule has 0 spiro atoms. The van der Waals surface area contributed by atoms with Crippen LogP contribution in [0.25, 0.3) is 32.9 Å². The van der Waals surface area contributed by atoms with Crippen molar-refractivity contribution in [2.75, 3.05) is 0 Å². The van der Waals surface area contributed by atoms with Gasteiger partial charge in [-0.1, -0.05) is 61.8 Å². The van der Waals surface area contributed by atoms with E-state index in [-0.39, 0.29) is 5.41 Å². The lowest BCUT2D eigenvalue weighted by atomic mass is 9.81. The van der Waals surface area contributed by atoms with Crippen LogP contribution in [0.3, 0.4) is 0 Å². The van der Waals surface area contributed by atoms with Crippen LogP contribution in [0.2, 0.25) is 0 Å². The number of hydrogen-bond donors (Lipinski definition) is 0. The minimum Gasteiger partial charge on any atom is -0.338 e. The molecule has 43 heavy (non-hydrogen) atoms. The third kappa shape index (κ3) is 5.45. The van der Waals surface area contributed by atoms with Crippen LogP contribution in [0, 0.1) is 47.4 Å². The zero-order valence-corrected chi connectivity index (χ0v) is 26.5. The van der Waals surface area contributed by atoms with Crippen molar-refractivity contribution in [2.24, 2.45) is 0 Å². The van der Waals surface area contributed by atoms with Crippen molar-refractivity contribution >= 4 is 21.8 Å². The molecule has 0 aliphatic heterocycles. The molecule has 1 aliphatic rings. The third-order valence-electron chi connectivity index (χ3n) is 8.07. The number of fused-ring (bicyclic) bond motifs is 6. The summed E-state index contributed by atoms with van der Waals surface area (Å²) in [6, 6.07) is 26.4. The van der Waals surface area contributed by atoms with Crippen LogP contribution in [-0.2, 0) is 5.41 Å². The van der Waals surface area contributed by atoms with Crippen molar-refractivity contribution in [2.45, 2.75) is 66.8 Å². The van der Waals surface area contributed by atoms with E-state index in [0.717, 1.165) is 22.3 Å². The van der Waals surface area contributed by atoms with Crippen molar-refractivity contribution in [1.29, 1.82) is 0 Å². The van der Waals surface area contributed by atoms with Gasteiger partial charge in [-0.05, 0) is 112 Å². The van der Waals surface area contributed by atoms with Gasteiger partial charge in [0.1, 0.15) is 0 Å². The van der Waals surface area contributed by atoms with Crippen LogP contribution >= 0.6 is 0 Å². The molecular formula is C42H37N. The van der Waals surface area contributed by atoms with Crippen molar-refractivity contribution < 1.29 is 0 Å². The van der Waals surface area contributed by atoms with Crippen molar-refractivity contribution in [3.05, 3.63) is 106 Å². The Bertz CT molecular complexity index is 1990. The molecule has 0 radical (unpaired) electrons. The molecule has 0 amide bonds. The van der Waals surface area contributed by atoms with Crippen molar-refractivity contribution in [3.63, 3.8) is 0 Å². The smallest absolute Gasteiger partial charge is 0.0506 e. The highest BCUT2D eigenvalue weighted by Crippen LogP contribution is 2.49. The van der Waals surface area contributed by atoms with Crippen LogP contribution < -0.4 is 0 Å². The summed E-state index contributed by atoms with van der Waals surface area (Å²) >= 11 is 0. The van der Waals surface area contributed by atoms with Gasteiger partial charge in [0.05, 0.1) is 11.0 Å². The maximum atomic E-state index is 3.16. The van der Waals surface area contributed by atoms with Gasteiger partial charge in [0.15, 0.2) is 0 Å². The first-order valence-electron chi connectivity index (χ1n) is 14.8. The molecule has 6 rings (SSSR count). The molecule has 0 bridgehead atoms. The first kappa shape index (κ1) is 29.4. The normalized spacial score (nSPS) is 11.8. The molecular weight excluding hydrogens is 518 g/mol. The van der Waals surface area contributed by atoms with Gasteiger partial charge < -0.3 is 4.57 Å². The summed E-state index contributed by atoms with van der Waals surface area (Å²) in [5.41, 5.74) is 12.2. The number of aromatic nitrogens is 1. The predicted octanol–water partition coefficient (Wildman–Crippen LogP) is 9.85.